The van der Waals surface area contributed by atoms with Gasteiger partial charge in [0, 0.05) is 17.3 Å². The lowest BCUT2D eigenvalue weighted by Crippen LogP contribution is -2.12. The molecule has 1 atom stereocenters. The zero-order valence-corrected chi connectivity index (χ0v) is 9.41. The fourth-order valence-corrected chi connectivity index (χ4v) is 1.86. The number of nitrogens with zero attached hydrogens (tertiary/aromatic N) is 2. The van der Waals surface area contributed by atoms with Crippen LogP contribution >= 0.6 is 11.6 Å². The lowest BCUT2D eigenvalue weighted by Gasteiger charge is -2.09. The van der Waals surface area contributed by atoms with E-state index < -0.39 is 0 Å². The van der Waals surface area contributed by atoms with Gasteiger partial charge in [0.15, 0.2) is 0 Å². The predicted molar refractivity (Wildman–Crippen MR) is 62.0 cm³/mol. The molecule has 2 rings (SSSR count). The quantitative estimate of drug-likeness (QED) is 0.870. The van der Waals surface area contributed by atoms with Gasteiger partial charge in [-0.1, -0.05) is 24.9 Å². The van der Waals surface area contributed by atoms with Crippen molar-refractivity contribution in [2.75, 3.05) is 0 Å². The third kappa shape index (κ3) is 1.98. The molecule has 0 amide bonds. The third-order valence-corrected chi connectivity index (χ3v) is 2.72. The van der Waals surface area contributed by atoms with E-state index in [1.807, 2.05) is 28.9 Å². The van der Waals surface area contributed by atoms with E-state index in [4.69, 9.17) is 17.3 Å². The number of nitrogens with two attached hydrogens (primary N) is 1. The Bertz CT molecular complexity index is 464. The zero-order chi connectivity index (χ0) is 10.8. The molecule has 2 N–H and O–H groups in total. The molecule has 1 unspecified atom stereocenters. The molecule has 3 nitrogen and oxygen atoms in total. The van der Waals surface area contributed by atoms with Crippen molar-refractivity contribution < 1.29 is 0 Å². The second-order valence-corrected chi connectivity index (χ2v) is 4.09. The smallest absolute Gasteiger partial charge is 0.138 e. The monoisotopic (exact) mass is 223 g/mol. The zero-order valence-electron chi connectivity index (χ0n) is 8.65. The van der Waals surface area contributed by atoms with Gasteiger partial charge in [0.2, 0.25) is 0 Å². The van der Waals surface area contributed by atoms with Crippen molar-refractivity contribution >= 4 is 17.2 Å². The van der Waals surface area contributed by atoms with E-state index in [0.29, 0.717) is 5.02 Å². The molecule has 0 bridgehead atoms. The number of aromatic nitrogens is 2. The molecule has 0 aliphatic carbocycles. The molecular formula is C11H14ClN3. The van der Waals surface area contributed by atoms with Gasteiger partial charge >= 0.3 is 0 Å². The SMILES string of the molecule is CCCC(N)c1cnc2cc(Cl)ccn12. The first kappa shape index (κ1) is 10.5. The number of hydrogen-bond acceptors (Lipinski definition) is 2. The van der Waals surface area contributed by atoms with Gasteiger partial charge in [-0.05, 0) is 18.6 Å². The van der Waals surface area contributed by atoms with E-state index in [9.17, 15) is 0 Å². The van der Waals surface area contributed by atoms with Crippen LogP contribution in [0.5, 0.6) is 0 Å². The van der Waals surface area contributed by atoms with Crippen LogP contribution in [-0.2, 0) is 0 Å². The number of halogens is 1. The lowest BCUT2D eigenvalue weighted by molar-refractivity contribution is 0.617. The molecule has 80 valence electrons. The van der Waals surface area contributed by atoms with Crippen molar-refractivity contribution in [1.29, 1.82) is 0 Å². The number of rotatable bonds is 3. The normalized spacial score (nSPS) is 13.3. The molecule has 2 heterocycles. The highest BCUT2D eigenvalue weighted by Crippen LogP contribution is 2.19. The van der Waals surface area contributed by atoms with Crippen LogP contribution in [0.4, 0.5) is 0 Å². The highest BCUT2D eigenvalue weighted by Gasteiger charge is 2.10. The van der Waals surface area contributed by atoms with E-state index in [1.54, 1.807) is 0 Å². The van der Waals surface area contributed by atoms with Crippen LogP contribution in [0.3, 0.4) is 0 Å². The van der Waals surface area contributed by atoms with E-state index in [2.05, 4.69) is 11.9 Å². The summed E-state index contributed by atoms with van der Waals surface area (Å²) in [5.41, 5.74) is 7.96. The highest BCUT2D eigenvalue weighted by molar-refractivity contribution is 6.30. The van der Waals surface area contributed by atoms with Gasteiger partial charge in [-0.25, -0.2) is 4.98 Å². The first-order valence-corrected chi connectivity index (χ1v) is 5.48. The maximum atomic E-state index is 6.06. The molecule has 0 fully saturated rings. The molecule has 0 radical (unpaired) electrons. The van der Waals surface area contributed by atoms with Crippen molar-refractivity contribution in [2.24, 2.45) is 5.73 Å². The Kier molecular flexibility index (Phi) is 2.93. The summed E-state index contributed by atoms with van der Waals surface area (Å²) in [6, 6.07) is 3.73. The van der Waals surface area contributed by atoms with E-state index in [0.717, 1.165) is 24.2 Å². The Morgan fingerprint density at radius 2 is 2.40 bits per heavy atom. The minimum atomic E-state index is 0.0474. The Balaban J connectivity index is 2.44. The molecular weight excluding hydrogens is 210 g/mol. The summed E-state index contributed by atoms with van der Waals surface area (Å²) >= 11 is 5.88. The van der Waals surface area contributed by atoms with Crippen LogP contribution in [0.1, 0.15) is 31.5 Å². The predicted octanol–water partition coefficient (Wildman–Crippen LogP) is 2.79. The van der Waals surface area contributed by atoms with Crippen molar-refractivity contribution in [2.45, 2.75) is 25.8 Å². The standard InChI is InChI=1S/C11H14ClN3/c1-2-3-9(13)10-7-14-11-6-8(12)4-5-15(10)11/h4-7,9H,2-3,13H2,1H3. The van der Waals surface area contributed by atoms with E-state index >= 15 is 0 Å². The summed E-state index contributed by atoms with van der Waals surface area (Å²) in [5.74, 6) is 0. The maximum Gasteiger partial charge on any atom is 0.138 e. The van der Waals surface area contributed by atoms with E-state index in [-0.39, 0.29) is 6.04 Å². The van der Waals surface area contributed by atoms with Crippen LogP contribution in [0.2, 0.25) is 5.02 Å². The van der Waals surface area contributed by atoms with Gasteiger partial charge in [-0.2, -0.15) is 0 Å². The average molecular weight is 224 g/mol. The Hall–Kier alpha value is -1.06. The fourth-order valence-electron chi connectivity index (χ4n) is 1.71. The van der Waals surface area contributed by atoms with Crippen LogP contribution < -0.4 is 5.73 Å². The minimum absolute atomic E-state index is 0.0474. The Morgan fingerprint density at radius 1 is 1.60 bits per heavy atom. The number of imidazole rings is 1. The summed E-state index contributed by atoms with van der Waals surface area (Å²) < 4.78 is 1.99. The van der Waals surface area contributed by atoms with Crippen LogP contribution in [0, 0.1) is 0 Å². The summed E-state index contributed by atoms with van der Waals surface area (Å²) in [6.45, 7) is 2.12. The second-order valence-electron chi connectivity index (χ2n) is 3.65. The van der Waals surface area contributed by atoms with Crippen LogP contribution in [0.25, 0.3) is 5.65 Å². The summed E-state index contributed by atoms with van der Waals surface area (Å²) in [7, 11) is 0. The van der Waals surface area contributed by atoms with E-state index in [1.165, 1.54) is 0 Å². The number of pyridine rings is 1. The molecule has 0 saturated heterocycles. The largest absolute Gasteiger partial charge is 0.323 e. The lowest BCUT2D eigenvalue weighted by atomic mass is 10.1. The molecule has 0 saturated carbocycles. The van der Waals surface area contributed by atoms with Crippen molar-refractivity contribution in [3.8, 4) is 0 Å². The summed E-state index contributed by atoms with van der Waals surface area (Å²) in [5, 5.41) is 0.698. The number of hydrogen-bond donors (Lipinski definition) is 1. The molecule has 0 aromatic carbocycles. The van der Waals surface area contributed by atoms with Crippen molar-refractivity contribution in [3.05, 3.63) is 35.2 Å². The van der Waals surface area contributed by atoms with Gasteiger partial charge in [0.05, 0.1) is 11.9 Å². The third-order valence-electron chi connectivity index (χ3n) is 2.48. The molecule has 0 spiro atoms. The Labute approximate surface area is 93.9 Å². The number of fused-ring (bicyclic) bond motifs is 1. The first-order valence-electron chi connectivity index (χ1n) is 5.10. The summed E-state index contributed by atoms with van der Waals surface area (Å²) in [4.78, 5) is 4.28. The molecule has 2 aromatic rings. The first-order chi connectivity index (χ1) is 7.22. The van der Waals surface area contributed by atoms with Crippen molar-refractivity contribution in [3.63, 3.8) is 0 Å². The van der Waals surface area contributed by atoms with Crippen molar-refractivity contribution in [1.82, 2.24) is 9.38 Å². The van der Waals surface area contributed by atoms with Gasteiger partial charge in [-0.3, -0.25) is 0 Å². The second kappa shape index (κ2) is 4.21. The molecule has 0 aliphatic rings. The fraction of sp³-hybridized carbons (Fsp3) is 0.364. The van der Waals surface area contributed by atoms with Gasteiger partial charge in [0.25, 0.3) is 0 Å². The minimum Gasteiger partial charge on any atom is -0.323 e. The molecule has 15 heavy (non-hydrogen) atoms. The molecule has 0 aliphatic heterocycles. The maximum absolute atomic E-state index is 6.06. The highest BCUT2D eigenvalue weighted by atomic mass is 35.5. The Morgan fingerprint density at radius 3 is 3.13 bits per heavy atom. The average Bonchev–Trinajstić information content (AvgIpc) is 2.60. The van der Waals surface area contributed by atoms with Crippen LogP contribution in [0.15, 0.2) is 24.5 Å². The van der Waals surface area contributed by atoms with Gasteiger partial charge in [-0.15, -0.1) is 0 Å². The van der Waals surface area contributed by atoms with Gasteiger partial charge in [0.1, 0.15) is 5.65 Å². The van der Waals surface area contributed by atoms with Crippen LogP contribution in [-0.4, -0.2) is 9.38 Å². The molecule has 2 aromatic heterocycles. The topological polar surface area (TPSA) is 43.3 Å². The molecule has 4 heteroatoms. The summed E-state index contributed by atoms with van der Waals surface area (Å²) in [6.07, 6.45) is 5.78. The van der Waals surface area contributed by atoms with Gasteiger partial charge < -0.3 is 10.1 Å².